The minimum atomic E-state index is -0.445. The first-order valence-electron chi connectivity index (χ1n) is 6.97. The van der Waals surface area contributed by atoms with Crippen molar-refractivity contribution in [2.24, 2.45) is 0 Å². The van der Waals surface area contributed by atoms with Crippen molar-refractivity contribution in [2.75, 3.05) is 0 Å². The topological polar surface area (TPSA) is 33.1 Å². The smallest absolute Gasteiger partial charge is 0.320 e. The molecule has 0 aliphatic rings. The number of rotatable bonds is 4. The first-order valence-corrected chi connectivity index (χ1v) is 6.97. The Balaban J connectivity index is 2.33. The van der Waals surface area contributed by atoms with Crippen molar-refractivity contribution < 1.29 is 5.02 Å². The summed E-state index contributed by atoms with van der Waals surface area (Å²) in [5.41, 5.74) is 4.38. The predicted molar refractivity (Wildman–Crippen MR) is 87.2 cm³/mol. The number of nitrogens with zero attached hydrogens (tertiary/aromatic N) is 1. The van der Waals surface area contributed by atoms with Crippen LogP contribution in [-0.2, 0) is 0 Å². The fraction of sp³-hybridized carbons (Fsp3) is 0.235. The number of pyridine rings is 1. The van der Waals surface area contributed by atoms with Gasteiger partial charge in [-0.1, -0.05) is 57.1 Å². The van der Waals surface area contributed by atoms with Gasteiger partial charge in [0.2, 0.25) is 0 Å². The maximum absolute atomic E-state index is 9.81. The first-order chi connectivity index (χ1) is 9.56. The van der Waals surface area contributed by atoms with Crippen LogP contribution >= 0.6 is 0 Å². The molecular formula is C17H20BNO. The van der Waals surface area contributed by atoms with Gasteiger partial charge in [-0.05, 0) is 34.1 Å². The van der Waals surface area contributed by atoms with Crippen LogP contribution in [0.3, 0.4) is 0 Å². The Morgan fingerprint density at radius 3 is 2.50 bits per heavy atom. The van der Waals surface area contributed by atoms with Crippen LogP contribution in [0, 0.1) is 0 Å². The molecule has 3 heteroatoms. The van der Waals surface area contributed by atoms with Gasteiger partial charge in [0.05, 0.1) is 0 Å². The molecule has 1 aromatic carbocycles. The van der Waals surface area contributed by atoms with Gasteiger partial charge >= 0.3 is 6.92 Å². The standard InChI is InChI=1S/C17H20BNO/c1-13(2)16-9-15(10-17(11-16)18(3)20)7-6-14-5-4-8-19-12-14/h4-13,20H,1-3H3/b7-6+. The van der Waals surface area contributed by atoms with Crippen molar-refractivity contribution >= 4 is 24.5 Å². The number of hydrogen-bond donors (Lipinski definition) is 1. The normalized spacial score (nSPS) is 11.2. The molecular weight excluding hydrogens is 245 g/mol. The highest BCUT2D eigenvalue weighted by atomic mass is 16.2. The second-order valence-corrected chi connectivity index (χ2v) is 5.38. The zero-order valence-electron chi connectivity index (χ0n) is 12.2. The van der Waals surface area contributed by atoms with Crippen LogP contribution < -0.4 is 5.46 Å². The molecule has 2 rings (SSSR count). The van der Waals surface area contributed by atoms with Crippen LogP contribution in [0.25, 0.3) is 12.2 Å². The average molecular weight is 265 g/mol. The Bertz CT molecular complexity index is 565. The molecule has 2 nitrogen and oxygen atoms in total. The average Bonchev–Trinajstić information content (AvgIpc) is 2.45. The summed E-state index contributed by atoms with van der Waals surface area (Å²) in [6.07, 6.45) is 7.70. The van der Waals surface area contributed by atoms with Crippen molar-refractivity contribution in [2.45, 2.75) is 26.6 Å². The lowest BCUT2D eigenvalue weighted by Gasteiger charge is -2.11. The number of aromatic nitrogens is 1. The molecule has 1 aromatic heterocycles. The predicted octanol–water partition coefficient (Wildman–Crippen LogP) is 3.20. The second-order valence-electron chi connectivity index (χ2n) is 5.38. The third-order valence-electron chi connectivity index (χ3n) is 3.30. The molecule has 0 spiro atoms. The Morgan fingerprint density at radius 1 is 1.15 bits per heavy atom. The SMILES string of the molecule is CB(O)c1cc(/C=C/c2cccnc2)cc(C(C)C)c1. The molecule has 20 heavy (non-hydrogen) atoms. The van der Waals surface area contributed by atoms with Gasteiger partial charge in [0, 0.05) is 12.4 Å². The first kappa shape index (κ1) is 14.5. The van der Waals surface area contributed by atoms with E-state index in [1.807, 2.05) is 30.5 Å². The van der Waals surface area contributed by atoms with E-state index >= 15 is 0 Å². The minimum absolute atomic E-state index is 0.444. The lowest BCUT2D eigenvalue weighted by Crippen LogP contribution is -2.26. The van der Waals surface area contributed by atoms with Crippen LogP contribution in [-0.4, -0.2) is 16.9 Å². The van der Waals surface area contributed by atoms with E-state index in [2.05, 4.69) is 37.0 Å². The third kappa shape index (κ3) is 3.81. The molecule has 0 radical (unpaired) electrons. The summed E-state index contributed by atoms with van der Waals surface area (Å²) in [6.45, 7) is 5.68. The molecule has 102 valence electrons. The van der Waals surface area contributed by atoms with Gasteiger partial charge < -0.3 is 5.02 Å². The molecule has 1 heterocycles. The molecule has 0 atom stereocenters. The second kappa shape index (κ2) is 6.53. The highest BCUT2D eigenvalue weighted by molar-refractivity contribution is 6.64. The molecule has 2 aromatic rings. The highest BCUT2D eigenvalue weighted by Crippen LogP contribution is 2.16. The summed E-state index contributed by atoms with van der Waals surface area (Å²) < 4.78 is 0. The van der Waals surface area contributed by atoms with E-state index in [-0.39, 0.29) is 0 Å². The minimum Gasteiger partial charge on any atom is -0.447 e. The Hall–Kier alpha value is -1.87. The fourth-order valence-corrected chi connectivity index (χ4v) is 2.04. The van der Waals surface area contributed by atoms with Crippen LogP contribution in [0.2, 0.25) is 6.82 Å². The molecule has 0 saturated carbocycles. The molecule has 0 saturated heterocycles. The zero-order chi connectivity index (χ0) is 14.5. The van der Waals surface area contributed by atoms with Gasteiger partial charge in [-0.15, -0.1) is 0 Å². The van der Waals surface area contributed by atoms with Crippen LogP contribution in [0.15, 0.2) is 42.7 Å². The molecule has 1 N–H and O–H groups in total. The lowest BCUT2D eigenvalue weighted by atomic mass is 9.63. The van der Waals surface area contributed by atoms with E-state index in [9.17, 15) is 5.02 Å². The molecule has 0 fully saturated rings. The largest absolute Gasteiger partial charge is 0.447 e. The molecule has 0 unspecified atom stereocenters. The van der Waals surface area contributed by atoms with Crippen LogP contribution in [0.5, 0.6) is 0 Å². The van der Waals surface area contributed by atoms with Gasteiger partial charge in [-0.3, -0.25) is 4.98 Å². The van der Waals surface area contributed by atoms with Gasteiger partial charge in [-0.25, -0.2) is 0 Å². The summed E-state index contributed by atoms with van der Waals surface area (Å²) in [6, 6.07) is 10.2. The quantitative estimate of drug-likeness (QED) is 0.861. The maximum Gasteiger partial charge on any atom is 0.320 e. The zero-order valence-corrected chi connectivity index (χ0v) is 12.2. The fourth-order valence-electron chi connectivity index (χ4n) is 2.04. The maximum atomic E-state index is 9.81. The molecule has 0 amide bonds. The van der Waals surface area contributed by atoms with E-state index in [0.717, 1.165) is 16.6 Å². The monoisotopic (exact) mass is 265 g/mol. The van der Waals surface area contributed by atoms with Crippen molar-refractivity contribution in [1.29, 1.82) is 0 Å². The van der Waals surface area contributed by atoms with Crippen LogP contribution in [0.1, 0.15) is 36.5 Å². The summed E-state index contributed by atoms with van der Waals surface area (Å²) >= 11 is 0. The summed E-state index contributed by atoms with van der Waals surface area (Å²) in [5, 5.41) is 9.81. The third-order valence-corrected chi connectivity index (χ3v) is 3.30. The van der Waals surface area contributed by atoms with Crippen molar-refractivity contribution in [1.82, 2.24) is 4.98 Å². The van der Waals surface area contributed by atoms with E-state index in [0.29, 0.717) is 5.92 Å². The van der Waals surface area contributed by atoms with Gasteiger partial charge in [-0.2, -0.15) is 0 Å². The summed E-state index contributed by atoms with van der Waals surface area (Å²) in [7, 11) is 0. The van der Waals surface area contributed by atoms with Gasteiger partial charge in [0.15, 0.2) is 0 Å². The Kier molecular flexibility index (Phi) is 4.75. The van der Waals surface area contributed by atoms with E-state index < -0.39 is 6.92 Å². The molecule has 0 aliphatic carbocycles. The highest BCUT2D eigenvalue weighted by Gasteiger charge is 2.10. The summed E-state index contributed by atoms with van der Waals surface area (Å²) in [5.74, 6) is 0.444. The molecule has 0 bridgehead atoms. The van der Waals surface area contributed by atoms with Crippen molar-refractivity contribution in [3.05, 3.63) is 59.4 Å². The number of hydrogen-bond acceptors (Lipinski definition) is 2. The van der Waals surface area contributed by atoms with Crippen molar-refractivity contribution in [3.63, 3.8) is 0 Å². The van der Waals surface area contributed by atoms with Crippen LogP contribution in [0.4, 0.5) is 0 Å². The number of benzene rings is 1. The lowest BCUT2D eigenvalue weighted by molar-refractivity contribution is 0.594. The summed E-state index contributed by atoms with van der Waals surface area (Å²) in [4.78, 5) is 4.10. The van der Waals surface area contributed by atoms with E-state index in [1.165, 1.54) is 5.56 Å². The van der Waals surface area contributed by atoms with Gasteiger partial charge in [0.1, 0.15) is 0 Å². The van der Waals surface area contributed by atoms with Gasteiger partial charge in [0.25, 0.3) is 0 Å². The van der Waals surface area contributed by atoms with E-state index in [1.54, 1.807) is 13.0 Å². The van der Waals surface area contributed by atoms with E-state index in [4.69, 9.17) is 0 Å². The molecule has 0 aliphatic heterocycles. The Morgan fingerprint density at radius 2 is 1.90 bits per heavy atom. The van der Waals surface area contributed by atoms with Crippen molar-refractivity contribution in [3.8, 4) is 0 Å². The Labute approximate surface area is 121 Å².